The number of amides is 3. The van der Waals surface area contributed by atoms with Crippen molar-refractivity contribution >= 4 is 45.3 Å². The van der Waals surface area contributed by atoms with Gasteiger partial charge in [-0.25, -0.2) is 0 Å². The van der Waals surface area contributed by atoms with Gasteiger partial charge in [-0.1, -0.05) is 77.5 Å². The number of benzene rings is 2. The number of allylic oxidation sites excluding steroid dienone is 1. The Morgan fingerprint density at radius 3 is 2.55 bits per heavy atom. The largest absolute Gasteiger partial charge is 0.455 e. The highest BCUT2D eigenvalue weighted by molar-refractivity contribution is 9.11. The maximum Gasteiger partial charge on any atom is 0.313 e. The van der Waals surface area contributed by atoms with Crippen LogP contribution in [0.1, 0.15) is 49.0 Å². The average molecular weight is 707 g/mol. The molecule has 47 heavy (non-hydrogen) atoms. The van der Waals surface area contributed by atoms with Crippen molar-refractivity contribution in [2.75, 3.05) is 24.6 Å². The number of cyclic esters (lactones) is 1. The van der Waals surface area contributed by atoms with Crippen LogP contribution in [0.3, 0.4) is 0 Å². The molecule has 1 spiro atoms. The quantitative estimate of drug-likeness (QED) is 0.356. The predicted molar refractivity (Wildman–Crippen MR) is 178 cm³/mol. The number of fused-ring (bicyclic) bond motifs is 2. The Morgan fingerprint density at radius 2 is 1.83 bits per heavy atom. The van der Waals surface area contributed by atoms with Crippen LogP contribution < -0.4 is 10.2 Å². The lowest BCUT2D eigenvalue weighted by atomic mass is 9.74. The molecule has 4 heterocycles. The Bertz CT molecular complexity index is 1620. The van der Waals surface area contributed by atoms with E-state index in [0.29, 0.717) is 28.6 Å². The molecule has 2 aromatic carbocycles. The Kier molecular flexibility index (Phi) is 9.42. The van der Waals surface area contributed by atoms with E-state index in [0.717, 1.165) is 11.1 Å². The standard InChI is InChI=1S/C36H40BrN3O7/c1-4-24(20-41)40-32-34(44)39(26-17-21(2)14-15-22(26)3)16-10-6-9-13-28(42)38-19-27(23-11-7-5-8-12-23)46-35(45)29-30(33(40)43)36(32)18-25(37)31(29)47-36/h5-8,10-12,14-15,17-18,24,27,29-32,41H,4,9,13,16,19-20H2,1-3H3,(H,38,42)/b10-6-/t24-,27-,29-,30+,31-,32-,36+/m0/s1. The monoisotopic (exact) mass is 705 g/mol. The molecule has 3 amide bonds. The molecule has 0 unspecified atom stereocenters. The minimum Gasteiger partial charge on any atom is -0.455 e. The van der Waals surface area contributed by atoms with E-state index >= 15 is 4.79 Å². The number of hydrogen-bond acceptors (Lipinski definition) is 7. The number of aliphatic hydroxyl groups excluding tert-OH is 1. The van der Waals surface area contributed by atoms with Gasteiger partial charge in [-0.05, 0) is 55.5 Å². The lowest BCUT2D eigenvalue weighted by Crippen LogP contribution is -2.58. The number of halogens is 1. The molecule has 0 aliphatic carbocycles. The van der Waals surface area contributed by atoms with Crippen molar-refractivity contribution in [1.82, 2.24) is 10.2 Å². The summed E-state index contributed by atoms with van der Waals surface area (Å²) in [7, 11) is 0. The number of likely N-dealkylation sites (tertiary alicyclic amines) is 1. The molecule has 0 saturated carbocycles. The third kappa shape index (κ3) is 5.83. The fourth-order valence-corrected chi connectivity index (χ4v) is 8.13. The minimum absolute atomic E-state index is 0.0490. The van der Waals surface area contributed by atoms with Crippen molar-refractivity contribution in [3.05, 3.63) is 87.9 Å². The lowest BCUT2D eigenvalue weighted by Gasteiger charge is -2.38. The number of nitrogens with zero attached hydrogens (tertiary/aromatic N) is 2. The van der Waals surface area contributed by atoms with Gasteiger partial charge in [0, 0.05) is 23.1 Å². The van der Waals surface area contributed by atoms with Crippen molar-refractivity contribution < 1.29 is 33.8 Å². The molecule has 4 aliphatic heterocycles. The molecule has 2 N–H and O–H groups in total. The normalized spacial score (nSPS) is 30.9. The number of nitrogens with one attached hydrogen (secondary N) is 1. The zero-order valence-electron chi connectivity index (χ0n) is 26.7. The second kappa shape index (κ2) is 13.4. The molecule has 7 atom stereocenters. The first-order valence-electron chi connectivity index (χ1n) is 16.2. The molecule has 2 fully saturated rings. The summed E-state index contributed by atoms with van der Waals surface area (Å²) >= 11 is 3.59. The SMILES string of the molecule is CC[C@@H](CO)N1C(=O)[C@H]2[C@@H]3C(=O)O[C@H](c4ccccc4)CNC(=O)CC/C=C\CN(c4cc(C)ccc4C)C(=O)[C@H]1[C@@]21C=C(Br)[C@@H]3O1. The Morgan fingerprint density at radius 1 is 1.06 bits per heavy atom. The number of rotatable bonds is 5. The van der Waals surface area contributed by atoms with Crippen molar-refractivity contribution in [3.8, 4) is 0 Å². The van der Waals surface area contributed by atoms with Crippen molar-refractivity contribution in [2.45, 2.75) is 69.9 Å². The van der Waals surface area contributed by atoms with Crippen LogP contribution in [0.2, 0.25) is 0 Å². The molecule has 5 bridgehead atoms. The fourth-order valence-electron chi connectivity index (χ4n) is 7.40. The first kappa shape index (κ1) is 33.1. The minimum atomic E-state index is -1.48. The summed E-state index contributed by atoms with van der Waals surface area (Å²) in [5, 5.41) is 13.4. The maximum absolute atomic E-state index is 15.1. The van der Waals surface area contributed by atoms with Gasteiger partial charge < -0.3 is 29.7 Å². The Hall–Kier alpha value is -3.80. The molecule has 0 aromatic heterocycles. The smallest absolute Gasteiger partial charge is 0.313 e. The van der Waals surface area contributed by atoms with Crippen LogP contribution in [-0.4, -0.2) is 77.2 Å². The second-order valence-electron chi connectivity index (χ2n) is 12.7. The van der Waals surface area contributed by atoms with Gasteiger partial charge in [0.1, 0.15) is 29.8 Å². The molecule has 2 saturated heterocycles. The summed E-state index contributed by atoms with van der Waals surface area (Å²) < 4.78 is 13.3. The van der Waals surface area contributed by atoms with Gasteiger partial charge in [-0.3, -0.25) is 19.2 Å². The first-order chi connectivity index (χ1) is 22.6. The molecule has 0 radical (unpaired) electrons. The van der Waals surface area contributed by atoms with Gasteiger partial charge in [-0.2, -0.15) is 0 Å². The zero-order chi connectivity index (χ0) is 33.5. The summed E-state index contributed by atoms with van der Waals surface area (Å²) in [6, 6.07) is 13.1. The number of carbonyl (C=O) groups is 4. The van der Waals surface area contributed by atoms with Gasteiger partial charge in [0.05, 0.1) is 25.1 Å². The van der Waals surface area contributed by atoms with Gasteiger partial charge in [0.25, 0.3) is 5.91 Å². The molecule has 2 aromatic rings. The van der Waals surface area contributed by atoms with E-state index in [1.165, 1.54) is 4.90 Å². The summed E-state index contributed by atoms with van der Waals surface area (Å²) in [6.45, 7) is 5.57. The summed E-state index contributed by atoms with van der Waals surface area (Å²) in [5.74, 6) is -3.82. The van der Waals surface area contributed by atoms with Crippen LogP contribution in [0.4, 0.5) is 5.69 Å². The van der Waals surface area contributed by atoms with E-state index < -0.39 is 53.6 Å². The third-order valence-corrected chi connectivity index (χ3v) is 10.5. The summed E-state index contributed by atoms with van der Waals surface area (Å²) in [5.41, 5.74) is 1.71. The first-order valence-corrected chi connectivity index (χ1v) is 17.0. The third-order valence-electron chi connectivity index (χ3n) is 9.77. The predicted octanol–water partition coefficient (Wildman–Crippen LogP) is 4.03. The lowest BCUT2D eigenvalue weighted by molar-refractivity contribution is -0.160. The Labute approximate surface area is 282 Å². The van der Waals surface area contributed by atoms with E-state index in [1.807, 2.05) is 81.5 Å². The van der Waals surface area contributed by atoms with Crippen LogP contribution in [0.15, 0.2) is 71.2 Å². The van der Waals surface area contributed by atoms with Gasteiger partial charge >= 0.3 is 5.97 Å². The van der Waals surface area contributed by atoms with Crippen LogP contribution >= 0.6 is 15.9 Å². The summed E-state index contributed by atoms with van der Waals surface area (Å²) in [6.07, 6.45) is 4.85. The van der Waals surface area contributed by atoms with E-state index in [9.17, 15) is 19.5 Å². The van der Waals surface area contributed by atoms with Gasteiger partial charge in [-0.15, -0.1) is 0 Å². The van der Waals surface area contributed by atoms with E-state index in [-0.39, 0.29) is 37.9 Å². The number of carbonyl (C=O) groups excluding carboxylic acids is 4. The number of anilines is 1. The summed E-state index contributed by atoms with van der Waals surface area (Å²) in [4.78, 5) is 59.8. The van der Waals surface area contributed by atoms with Crippen molar-refractivity contribution in [2.24, 2.45) is 11.8 Å². The number of ether oxygens (including phenoxy) is 2. The number of aliphatic hydroxyl groups is 1. The zero-order valence-corrected chi connectivity index (χ0v) is 28.3. The molecular weight excluding hydrogens is 666 g/mol. The Balaban J connectivity index is 1.49. The highest BCUT2D eigenvalue weighted by atomic mass is 79.9. The molecule has 248 valence electrons. The van der Waals surface area contributed by atoms with E-state index in [4.69, 9.17) is 9.47 Å². The number of aryl methyl sites for hydroxylation is 2. The van der Waals surface area contributed by atoms with E-state index in [1.54, 1.807) is 11.0 Å². The van der Waals surface area contributed by atoms with Crippen LogP contribution in [0.25, 0.3) is 0 Å². The number of esters is 1. The average Bonchev–Trinajstić information content (AvgIpc) is 3.66. The molecule has 11 heteroatoms. The van der Waals surface area contributed by atoms with Crippen molar-refractivity contribution in [1.29, 1.82) is 0 Å². The van der Waals surface area contributed by atoms with Crippen LogP contribution in [-0.2, 0) is 28.7 Å². The molecular formula is C36H40BrN3O7. The maximum atomic E-state index is 15.1. The van der Waals surface area contributed by atoms with Crippen LogP contribution in [0, 0.1) is 25.7 Å². The second-order valence-corrected chi connectivity index (χ2v) is 13.6. The van der Waals surface area contributed by atoms with Crippen molar-refractivity contribution in [3.63, 3.8) is 0 Å². The number of hydrogen-bond donors (Lipinski definition) is 2. The van der Waals surface area contributed by atoms with Crippen LogP contribution in [0.5, 0.6) is 0 Å². The highest BCUT2D eigenvalue weighted by Crippen LogP contribution is 2.59. The fraction of sp³-hybridized carbons (Fsp3) is 0.444. The van der Waals surface area contributed by atoms with E-state index in [2.05, 4.69) is 21.2 Å². The van der Waals surface area contributed by atoms with Gasteiger partial charge in [0.15, 0.2) is 0 Å². The van der Waals surface area contributed by atoms with Gasteiger partial charge in [0.2, 0.25) is 11.8 Å². The topological polar surface area (TPSA) is 125 Å². The highest BCUT2D eigenvalue weighted by Gasteiger charge is 2.75. The molecule has 10 nitrogen and oxygen atoms in total. The molecule has 6 rings (SSSR count). The molecule has 4 aliphatic rings.